The number of hydrogen-bond acceptors (Lipinski definition) is 4. The van der Waals surface area contributed by atoms with Crippen LogP contribution in [0.1, 0.15) is 40.1 Å². The molecule has 1 aliphatic rings. The number of piperazine rings is 1. The molecule has 36 heavy (non-hydrogen) atoms. The Bertz CT molecular complexity index is 1330. The first-order chi connectivity index (χ1) is 17.0. The van der Waals surface area contributed by atoms with Gasteiger partial charge in [0.2, 0.25) is 5.78 Å². The van der Waals surface area contributed by atoms with Crippen molar-refractivity contribution >= 4 is 34.2 Å². The average Bonchev–Trinajstić information content (AvgIpc) is 3.15. The lowest BCUT2D eigenvalue weighted by Crippen LogP contribution is -2.57. The highest BCUT2D eigenvalue weighted by Crippen LogP contribution is 2.31. The maximum absolute atomic E-state index is 13.7. The Morgan fingerprint density at radius 3 is 2.39 bits per heavy atom. The molecule has 4 rings (SSSR count). The van der Waals surface area contributed by atoms with Crippen molar-refractivity contribution in [2.45, 2.75) is 32.5 Å². The van der Waals surface area contributed by atoms with E-state index in [2.05, 4.69) is 18.4 Å². The summed E-state index contributed by atoms with van der Waals surface area (Å²) in [6.07, 6.45) is 1.76. The molecule has 0 radical (unpaired) electrons. The van der Waals surface area contributed by atoms with Crippen molar-refractivity contribution in [2.24, 2.45) is 7.05 Å². The molecule has 2 aromatic carbocycles. The molecule has 190 valence electrons. The number of allylic oxidation sites excluding steroid dienone is 1. The fourth-order valence-corrected chi connectivity index (χ4v) is 5.03. The highest BCUT2D eigenvalue weighted by Gasteiger charge is 2.33. The van der Waals surface area contributed by atoms with Gasteiger partial charge in [-0.15, -0.1) is 0 Å². The number of aromatic nitrogens is 1. The number of halogens is 2. The van der Waals surface area contributed by atoms with Gasteiger partial charge in [0.15, 0.2) is 0 Å². The molecule has 1 saturated heterocycles. The Hall–Kier alpha value is -3.16. The third-order valence-corrected chi connectivity index (χ3v) is 7.34. The van der Waals surface area contributed by atoms with Crippen LogP contribution in [0.2, 0.25) is 5.02 Å². The lowest BCUT2D eigenvalue weighted by molar-refractivity contribution is 0.0291. The lowest BCUT2D eigenvalue weighted by Gasteiger charge is -2.44. The zero-order valence-electron chi connectivity index (χ0n) is 21.4. The van der Waals surface area contributed by atoms with Crippen LogP contribution in [-0.2, 0) is 13.6 Å². The molecule has 1 aromatic heterocycles. The van der Waals surface area contributed by atoms with E-state index in [4.69, 9.17) is 11.6 Å². The van der Waals surface area contributed by atoms with E-state index in [0.717, 1.165) is 11.1 Å². The molecule has 0 spiro atoms. The monoisotopic (exact) mass is 510 g/mol. The molecular formula is C28H32ClFN4O2. The first-order valence-corrected chi connectivity index (χ1v) is 12.3. The minimum Gasteiger partial charge on any atom is -0.375 e. The molecule has 1 amide bonds. The van der Waals surface area contributed by atoms with Crippen LogP contribution < -0.4 is 0 Å². The van der Waals surface area contributed by atoms with Gasteiger partial charge in [-0.3, -0.25) is 14.5 Å². The van der Waals surface area contributed by atoms with E-state index in [1.807, 2.05) is 23.4 Å². The Morgan fingerprint density at radius 2 is 1.75 bits per heavy atom. The SMILES string of the molecule is C=C(C(=O)c1cn(C)c2cc(Cl)c(C(=O)N3C[C@H](C)N(Cc4ccc(F)cc4)C[C@H]3C)cc12)N(C)C. The van der Waals surface area contributed by atoms with Crippen molar-refractivity contribution in [3.8, 4) is 0 Å². The largest absolute Gasteiger partial charge is 0.375 e. The number of carbonyl (C=O) groups is 2. The second-order valence-corrected chi connectivity index (χ2v) is 10.3. The maximum Gasteiger partial charge on any atom is 0.255 e. The van der Waals surface area contributed by atoms with Crippen LogP contribution in [0.3, 0.4) is 0 Å². The van der Waals surface area contributed by atoms with Crippen LogP contribution in [0.4, 0.5) is 4.39 Å². The van der Waals surface area contributed by atoms with Gasteiger partial charge in [0.05, 0.1) is 21.8 Å². The predicted octanol–water partition coefficient (Wildman–Crippen LogP) is 4.96. The lowest BCUT2D eigenvalue weighted by atomic mass is 10.0. The summed E-state index contributed by atoms with van der Waals surface area (Å²) in [6.45, 7) is 9.91. The standard InChI is InChI=1S/C28H32ClFN4O2/c1-17-14-34(18(2)13-33(17)15-20-7-9-21(30)10-8-20)28(36)23-11-22-24(27(35)19(3)31(4)5)16-32(6)26(22)12-25(23)29/h7-12,16-18H,3,13-15H2,1-2,4-6H3/t17-,18+/m0/s1. The van der Waals surface area contributed by atoms with Gasteiger partial charge in [-0.25, -0.2) is 4.39 Å². The number of likely N-dealkylation sites (N-methyl/N-ethyl adjacent to an activating group) is 1. The van der Waals surface area contributed by atoms with E-state index >= 15 is 0 Å². The number of benzene rings is 2. The number of Topliss-reactive ketones (excluding diaryl/α,β-unsaturated/α-hetero) is 1. The van der Waals surface area contributed by atoms with Gasteiger partial charge in [-0.2, -0.15) is 0 Å². The smallest absolute Gasteiger partial charge is 0.255 e. The van der Waals surface area contributed by atoms with Crippen molar-refractivity contribution in [2.75, 3.05) is 27.2 Å². The van der Waals surface area contributed by atoms with E-state index < -0.39 is 0 Å². The summed E-state index contributed by atoms with van der Waals surface area (Å²) in [5.74, 6) is -0.599. The molecule has 1 aliphatic heterocycles. The fourth-order valence-electron chi connectivity index (χ4n) is 4.79. The number of ketones is 1. The zero-order valence-corrected chi connectivity index (χ0v) is 22.1. The fraction of sp³-hybridized carbons (Fsp3) is 0.357. The second kappa shape index (κ2) is 10.1. The molecule has 2 atom stereocenters. The van der Waals surface area contributed by atoms with Crippen molar-refractivity contribution in [3.05, 3.63) is 82.4 Å². The summed E-state index contributed by atoms with van der Waals surface area (Å²) in [5.41, 5.74) is 3.04. The highest BCUT2D eigenvalue weighted by molar-refractivity contribution is 6.35. The summed E-state index contributed by atoms with van der Waals surface area (Å²) in [4.78, 5) is 32.6. The third-order valence-electron chi connectivity index (χ3n) is 7.03. The van der Waals surface area contributed by atoms with Crippen molar-refractivity contribution in [1.82, 2.24) is 19.3 Å². The number of nitrogens with zero attached hydrogens (tertiary/aromatic N) is 4. The van der Waals surface area contributed by atoms with E-state index in [-0.39, 0.29) is 29.6 Å². The molecule has 8 heteroatoms. The van der Waals surface area contributed by atoms with Crippen LogP contribution in [0.5, 0.6) is 0 Å². The summed E-state index contributed by atoms with van der Waals surface area (Å²) in [6, 6.07) is 10.1. The number of fused-ring (bicyclic) bond motifs is 1. The number of aryl methyl sites for hydroxylation is 1. The zero-order chi connectivity index (χ0) is 26.3. The van der Waals surface area contributed by atoms with Gasteiger partial charge in [0.1, 0.15) is 5.82 Å². The maximum atomic E-state index is 13.7. The summed E-state index contributed by atoms with van der Waals surface area (Å²) in [5, 5.41) is 1.03. The number of hydrogen-bond donors (Lipinski definition) is 0. The molecule has 0 bridgehead atoms. The molecule has 6 nitrogen and oxygen atoms in total. The average molecular weight is 511 g/mol. The molecule has 0 unspecified atom stereocenters. The molecule has 3 aromatic rings. The van der Waals surface area contributed by atoms with Gasteiger partial charge in [-0.1, -0.05) is 30.3 Å². The van der Waals surface area contributed by atoms with E-state index in [9.17, 15) is 14.0 Å². The number of rotatable bonds is 6. The van der Waals surface area contributed by atoms with Gasteiger partial charge in [0, 0.05) is 70.0 Å². The summed E-state index contributed by atoms with van der Waals surface area (Å²) >= 11 is 6.61. The van der Waals surface area contributed by atoms with Gasteiger partial charge < -0.3 is 14.4 Å². The molecule has 0 aliphatic carbocycles. The highest BCUT2D eigenvalue weighted by atomic mass is 35.5. The van der Waals surface area contributed by atoms with Crippen LogP contribution in [0.15, 0.2) is 54.9 Å². The predicted molar refractivity (Wildman–Crippen MR) is 142 cm³/mol. The number of carbonyl (C=O) groups excluding carboxylic acids is 2. The van der Waals surface area contributed by atoms with Crippen molar-refractivity contribution < 1.29 is 14.0 Å². The van der Waals surface area contributed by atoms with E-state index in [1.54, 1.807) is 49.5 Å². The third kappa shape index (κ3) is 4.90. The summed E-state index contributed by atoms with van der Waals surface area (Å²) < 4.78 is 15.1. The minimum absolute atomic E-state index is 0.0497. The Labute approximate surface area is 216 Å². The van der Waals surface area contributed by atoms with Crippen LogP contribution in [0, 0.1) is 5.82 Å². The molecular weight excluding hydrogens is 479 g/mol. The Morgan fingerprint density at radius 1 is 1.08 bits per heavy atom. The number of amides is 1. The molecule has 1 fully saturated rings. The first kappa shape index (κ1) is 25.9. The Balaban J connectivity index is 1.60. The van der Waals surface area contributed by atoms with Crippen LogP contribution in [0.25, 0.3) is 10.9 Å². The molecule has 2 heterocycles. The first-order valence-electron chi connectivity index (χ1n) is 12.0. The topological polar surface area (TPSA) is 48.8 Å². The summed E-state index contributed by atoms with van der Waals surface area (Å²) in [7, 11) is 5.39. The Kier molecular flexibility index (Phi) is 7.25. The van der Waals surface area contributed by atoms with Crippen molar-refractivity contribution in [3.63, 3.8) is 0 Å². The minimum atomic E-state index is -0.251. The van der Waals surface area contributed by atoms with Crippen LogP contribution >= 0.6 is 11.6 Å². The molecule has 0 saturated carbocycles. The van der Waals surface area contributed by atoms with E-state index in [0.29, 0.717) is 46.9 Å². The van der Waals surface area contributed by atoms with Gasteiger partial charge in [-0.05, 0) is 43.7 Å². The second-order valence-electron chi connectivity index (χ2n) is 9.88. The molecule has 0 N–H and O–H groups in total. The van der Waals surface area contributed by atoms with E-state index in [1.165, 1.54) is 12.1 Å². The van der Waals surface area contributed by atoms with Gasteiger partial charge in [0.25, 0.3) is 5.91 Å². The normalized spacial score (nSPS) is 18.5. The van der Waals surface area contributed by atoms with Crippen molar-refractivity contribution in [1.29, 1.82) is 0 Å². The quantitative estimate of drug-likeness (QED) is 0.347. The van der Waals surface area contributed by atoms with Gasteiger partial charge >= 0.3 is 0 Å². The van der Waals surface area contributed by atoms with Crippen LogP contribution in [-0.4, -0.2) is 70.2 Å².